The Hall–Kier alpha value is -3.34. The highest BCUT2D eigenvalue weighted by Gasteiger charge is 2.24. The quantitative estimate of drug-likeness (QED) is 0.620. The van der Waals surface area contributed by atoms with E-state index in [1.165, 1.54) is 0 Å². The molecule has 1 unspecified atom stereocenters. The van der Waals surface area contributed by atoms with Crippen LogP contribution < -0.4 is 15.0 Å². The van der Waals surface area contributed by atoms with Crippen LogP contribution in [-0.4, -0.2) is 30.0 Å². The first kappa shape index (κ1) is 20.0. The van der Waals surface area contributed by atoms with E-state index in [0.29, 0.717) is 13.0 Å². The minimum Gasteiger partial charge on any atom is -0.489 e. The van der Waals surface area contributed by atoms with E-state index in [2.05, 4.69) is 15.2 Å². The van der Waals surface area contributed by atoms with E-state index >= 15 is 0 Å². The average molecular weight is 402 g/mol. The van der Waals surface area contributed by atoms with E-state index in [-0.39, 0.29) is 11.9 Å². The highest BCUT2D eigenvalue weighted by molar-refractivity contribution is 5.76. The van der Waals surface area contributed by atoms with Gasteiger partial charge in [-0.25, -0.2) is 4.98 Å². The monoisotopic (exact) mass is 401 g/mol. The fourth-order valence-corrected chi connectivity index (χ4v) is 3.68. The van der Waals surface area contributed by atoms with Crippen molar-refractivity contribution in [3.8, 4) is 5.75 Å². The van der Waals surface area contributed by atoms with Crippen LogP contribution in [0.1, 0.15) is 24.0 Å². The van der Waals surface area contributed by atoms with E-state index < -0.39 is 0 Å². The van der Waals surface area contributed by atoms with Crippen LogP contribution in [0.4, 0.5) is 5.82 Å². The molecule has 5 nitrogen and oxygen atoms in total. The van der Waals surface area contributed by atoms with Gasteiger partial charge in [0.1, 0.15) is 18.2 Å². The van der Waals surface area contributed by atoms with Crippen LogP contribution in [-0.2, 0) is 17.8 Å². The number of hydrogen-bond donors (Lipinski definition) is 1. The molecule has 1 saturated heterocycles. The van der Waals surface area contributed by atoms with Crippen LogP contribution in [0.3, 0.4) is 0 Å². The predicted molar refractivity (Wildman–Crippen MR) is 119 cm³/mol. The number of ether oxygens (including phenoxy) is 1. The molecule has 154 valence electrons. The number of rotatable bonds is 8. The molecule has 30 heavy (non-hydrogen) atoms. The summed E-state index contributed by atoms with van der Waals surface area (Å²) in [6.07, 6.45) is 3.97. The van der Waals surface area contributed by atoms with Crippen molar-refractivity contribution in [1.29, 1.82) is 0 Å². The zero-order valence-corrected chi connectivity index (χ0v) is 17.0. The van der Waals surface area contributed by atoms with E-state index in [0.717, 1.165) is 48.6 Å². The summed E-state index contributed by atoms with van der Waals surface area (Å²) in [7, 11) is 0. The third-order valence-electron chi connectivity index (χ3n) is 5.34. The lowest BCUT2D eigenvalue weighted by Crippen LogP contribution is -2.37. The summed E-state index contributed by atoms with van der Waals surface area (Å²) >= 11 is 0. The van der Waals surface area contributed by atoms with Gasteiger partial charge in [-0.05, 0) is 48.2 Å². The molecule has 3 aromatic rings. The molecule has 4 rings (SSSR count). The highest BCUT2D eigenvalue weighted by atomic mass is 16.5. The number of nitrogens with zero attached hydrogens (tertiary/aromatic N) is 2. The van der Waals surface area contributed by atoms with Crippen molar-refractivity contribution >= 4 is 11.7 Å². The van der Waals surface area contributed by atoms with Gasteiger partial charge in [-0.2, -0.15) is 0 Å². The first-order chi connectivity index (χ1) is 14.8. The van der Waals surface area contributed by atoms with Gasteiger partial charge in [-0.15, -0.1) is 0 Å². The van der Waals surface area contributed by atoms with Crippen molar-refractivity contribution in [3.05, 3.63) is 90.1 Å². The molecule has 1 atom stereocenters. The van der Waals surface area contributed by atoms with Gasteiger partial charge >= 0.3 is 0 Å². The van der Waals surface area contributed by atoms with Crippen LogP contribution in [0.15, 0.2) is 79.0 Å². The van der Waals surface area contributed by atoms with Gasteiger partial charge in [-0.1, -0.05) is 48.5 Å². The molecule has 2 heterocycles. The largest absolute Gasteiger partial charge is 0.489 e. The van der Waals surface area contributed by atoms with Gasteiger partial charge < -0.3 is 15.0 Å². The summed E-state index contributed by atoms with van der Waals surface area (Å²) in [6.45, 7) is 2.29. The van der Waals surface area contributed by atoms with Gasteiger partial charge in [0.05, 0.1) is 0 Å². The second-order valence-corrected chi connectivity index (χ2v) is 7.61. The molecule has 0 radical (unpaired) electrons. The van der Waals surface area contributed by atoms with Crippen molar-refractivity contribution in [2.45, 2.75) is 31.9 Å². The molecular formula is C25H27N3O2. The second-order valence-electron chi connectivity index (χ2n) is 7.61. The summed E-state index contributed by atoms with van der Waals surface area (Å²) in [5.41, 5.74) is 2.28. The Kier molecular flexibility index (Phi) is 6.60. The van der Waals surface area contributed by atoms with Gasteiger partial charge in [0, 0.05) is 31.7 Å². The smallest absolute Gasteiger partial charge is 0.220 e. The van der Waals surface area contributed by atoms with Crippen molar-refractivity contribution in [3.63, 3.8) is 0 Å². The first-order valence-corrected chi connectivity index (χ1v) is 10.5. The minimum absolute atomic E-state index is 0.104. The summed E-state index contributed by atoms with van der Waals surface area (Å²) in [6, 6.07) is 24.2. The molecule has 1 aromatic heterocycles. The molecule has 1 aliphatic rings. The number of amides is 1. The van der Waals surface area contributed by atoms with Crippen molar-refractivity contribution < 1.29 is 9.53 Å². The zero-order valence-electron chi connectivity index (χ0n) is 17.0. The molecule has 0 bridgehead atoms. The second kappa shape index (κ2) is 9.92. The number of pyridine rings is 1. The first-order valence-electron chi connectivity index (χ1n) is 10.5. The van der Waals surface area contributed by atoms with E-state index in [4.69, 9.17) is 4.74 Å². The van der Waals surface area contributed by atoms with E-state index in [1.807, 2.05) is 72.8 Å². The lowest BCUT2D eigenvalue weighted by Gasteiger charge is -2.17. The van der Waals surface area contributed by atoms with Gasteiger partial charge in [-0.3, -0.25) is 4.79 Å². The van der Waals surface area contributed by atoms with Gasteiger partial charge in [0.2, 0.25) is 5.91 Å². The van der Waals surface area contributed by atoms with E-state index in [1.54, 1.807) is 6.20 Å². The molecule has 0 aliphatic carbocycles. The molecule has 1 aliphatic heterocycles. The minimum atomic E-state index is 0.104. The highest BCUT2D eigenvalue weighted by Crippen LogP contribution is 2.18. The fraction of sp³-hybridized carbons (Fsp3) is 0.280. The number of benzene rings is 2. The standard InChI is InChI=1S/C25H27N3O2/c29-25(27-22-15-17-28(18-22)24-8-4-5-16-26-24)14-11-20-9-12-23(13-10-20)30-19-21-6-2-1-3-7-21/h1-10,12-13,16,22H,11,14-15,17-19H2,(H,27,29). The number of carbonyl (C=O) groups excluding carboxylic acids is 1. The number of nitrogens with one attached hydrogen (secondary N) is 1. The van der Waals surface area contributed by atoms with Crippen molar-refractivity contribution in [1.82, 2.24) is 10.3 Å². The molecule has 2 aromatic carbocycles. The van der Waals surface area contributed by atoms with Crippen LogP contribution in [0, 0.1) is 0 Å². The van der Waals surface area contributed by atoms with Crippen LogP contribution in [0.5, 0.6) is 5.75 Å². The molecular weight excluding hydrogens is 374 g/mol. The zero-order chi connectivity index (χ0) is 20.6. The Labute approximate surface area is 177 Å². The maximum Gasteiger partial charge on any atom is 0.220 e. The SMILES string of the molecule is O=C(CCc1ccc(OCc2ccccc2)cc1)NC1CCN(c2ccccn2)C1. The molecule has 0 saturated carbocycles. The van der Waals surface area contributed by atoms with Crippen LogP contribution in [0.2, 0.25) is 0 Å². The average Bonchev–Trinajstić information content (AvgIpc) is 3.27. The van der Waals surface area contributed by atoms with Gasteiger partial charge in [0.25, 0.3) is 0 Å². The number of hydrogen-bond acceptors (Lipinski definition) is 4. The van der Waals surface area contributed by atoms with Crippen molar-refractivity contribution in [2.75, 3.05) is 18.0 Å². The number of aromatic nitrogens is 1. The molecule has 5 heteroatoms. The van der Waals surface area contributed by atoms with E-state index in [9.17, 15) is 4.79 Å². The molecule has 0 spiro atoms. The van der Waals surface area contributed by atoms with Crippen LogP contribution >= 0.6 is 0 Å². The topological polar surface area (TPSA) is 54.5 Å². The Morgan fingerprint density at radius 2 is 1.80 bits per heavy atom. The summed E-state index contributed by atoms with van der Waals surface area (Å²) in [5.74, 6) is 1.92. The summed E-state index contributed by atoms with van der Waals surface area (Å²) in [5, 5.41) is 3.17. The Balaban J connectivity index is 1.19. The Morgan fingerprint density at radius 3 is 2.57 bits per heavy atom. The third kappa shape index (κ3) is 5.60. The van der Waals surface area contributed by atoms with Crippen molar-refractivity contribution in [2.24, 2.45) is 0 Å². The Bertz CT molecular complexity index is 930. The lowest BCUT2D eigenvalue weighted by molar-refractivity contribution is -0.121. The molecule has 1 amide bonds. The molecule has 1 N–H and O–H groups in total. The lowest BCUT2D eigenvalue weighted by atomic mass is 10.1. The summed E-state index contributed by atoms with van der Waals surface area (Å²) in [4.78, 5) is 19.0. The van der Waals surface area contributed by atoms with Crippen LogP contribution in [0.25, 0.3) is 0 Å². The number of anilines is 1. The van der Waals surface area contributed by atoms with Gasteiger partial charge in [0.15, 0.2) is 0 Å². The number of carbonyl (C=O) groups is 1. The Morgan fingerprint density at radius 1 is 1.00 bits per heavy atom. The normalized spacial score (nSPS) is 15.7. The predicted octanol–water partition coefficient (Wildman–Crippen LogP) is 3.99. The maximum atomic E-state index is 12.4. The fourth-order valence-electron chi connectivity index (χ4n) is 3.68. The molecule has 1 fully saturated rings. The number of aryl methyl sites for hydroxylation is 1. The third-order valence-corrected chi connectivity index (χ3v) is 5.34. The summed E-state index contributed by atoms with van der Waals surface area (Å²) < 4.78 is 5.82. The maximum absolute atomic E-state index is 12.4.